The van der Waals surface area contributed by atoms with E-state index in [4.69, 9.17) is 5.73 Å². The third kappa shape index (κ3) is 3.47. The molecule has 0 unspecified atom stereocenters. The van der Waals surface area contributed by atoms with E-state index in [-0.39, 0.29) is 5.91 Å². The summed E-state index contributed by atoms with van der Waals surface area (Å²) in [5.41, 5.74) is 5.41. The van der Waals surface area contributed by atoms with Gasteiger partial charge in [-0.2, -0.15) is 0 Å². The molecule has 0 aliphatic carbocycles. The summed E-state index contributed by atoms with van der Waals surface area (Å²) in [6.07, 6.45) is 3.30. The number of aromatic nitrogens is 2. The van der Waals surface area contributed by atoms with Gasteiger partial charge in [-0.25, -0.2) is 0 Å². The minimum absolute atomic E-state index is 0.0969. The van der Waals surface area contributed by atoms with Crippen LogP contribution >= 0.6 is 11.3 Å². The van der Waals surface area contributed by atoms with E-state index in [1.54, 1.807) is 11.9 Å². The second-order valence-corrected chi connectivity index (χ2v) is 4.39. The minimum atomic E-state index is -0.0969. The summed E-state index contributed by atoms with van der Waals surface area (Å²) in [5, 5.41) is 8.03. The maximum absolute atomic E-state index is 11.7. The number of amides is 1. The standard InChI is InChI=1S/C9H16N4OS/c1-3-4-5-6-13(2)8(14)7-11-12-9(10)15-7/h3-6H2,1-2H3,(H2,10,12). The molecule has 0 atom stereocenters. The molecule has 0 spiro atoms. The van der Waals surface area contributed by atoms with E-state index in [0.29, 0.717) is 10.1 Å². The van der Waals surface area contributed by atoms with Crippen molar-refractivity contribution in [3.05, 3.63) is 5.01 Å². The van der Waals surface area contributed by atoms with Crippen molar-refractivity contribution in [2.45, 2.75) is 26.2 Å². The Hall–Kier alpha value is -1.17. The van der Waals surface area contributed by atoms with Crippen molar-refractivity contribution in [2.75, 3.05) is 19.3 Å². The van der Waals surface area contributed by atoms with E-state index >= 15 is 0 Å². The first kappa shape index (κ1) is 11.9. The van der Waals surface area contributed by atoms with Gasteiger partial charge in [0.1, 0.15) is 0 Å². The Balaban J connectivity index is 2.46. The molecule has 0 aliphatic heterocycles. The number of rotatable bonds is 5. The summed E-state index contributed by atoms with van der Waals surface area (Å²) in [7, 11) is 1.77. The molecule has 15 heavy (non-hydrogen) atoms. The van der Waals surface area contributed by atoms with E-state index in [1.807, 2.05) is 0 Å². The van der Waals surface area contributed by atoms with Gasteiger partial charge < -0.3 is 10.6 Å². The lowest BCUT2D eigenvalue weighted by molar-refractivity contribution is 0.0791. The molecule has 0 aliphatic rings. The molecule has 1 amide bonds. The zero-order valence-corrected chi connectivity index (χ0v) is 9.88. The van der Waals surface area contributed by atoms with Crippen LogP contribution in [0.1, 0.15) is 36.0 Å². The number of hydrogen-bond donors (Lipinski definition) is 1. The number of hydrogen-bond acceptors (Lipinski definition) is 5. The average molecular weight is 228 g/mol. The fourth-order valence-electron chi connectivity index (χ4n) is 1.18. The lowest BCUT2D eigenvalue weighted by Crippen LogP contribution is -2.27. The van der Waals surface area contributed by atoms with Gasteiger partial charge in [-0.1, -0.05) is 31.1 Å². The average Bonchev–Trinajstić information content (AvgIpc) is 2.64. The highest BCUT2D eigenvalue weighted by Gasteiger charge is 2.15. The van der Waals surface area contributed by atoms with E-state index in [9.17, 15) is 4.79 Å². The molecule has 5 nitrogen and oxygen atoms in total. The molecule has 0 radical (unpaired) electrons. The highest BCUT2D eigenvalue weighted by atomic mass is 32.1. The monoisotopic (exact) mass is 228 g/mol. The van der Waals surface area contributed by atoms with E-state index in [1.165, 1.54) is 0 Å². The maximum Gasteiger partial charge on any atom is 0.284 e. The van der Waals surface area contributed by atoms with Crippen molar-refractivity contribution in [3.63, 3.8) is 0 Å². The molecule has 1 aromatic heterocycles. The predicted molar refractivity (Wildman–Crippen MR) is 60.8 cm³/mol. The number of unbranched alkanes of at least 4 members (excludes halogenated alkanes) is 2. The van der Waals surface area contributed by atoms with Crippen LogP contribution in [0.5, 0.6) is 0 Å². The Morgan fingerprint density at radius 3 is 2.73 bits per heavy atom. The fourth-order valence-corrected chi connectivity index (χ4v) is 1.79. The number of nitrogens with zero attached hydrogens (tertiary/aromatic N) is 3. The van der Waals surface area contributed by atoms with Gasteiger partial charge in [0.25, 0.3) is 5.91 Å². The molecule has 1 rings (SSSR count). The summed E-state index contributed by atoms with van der Waals surface area (Å²) in [6, 6.07) is 0. The van der Waals surface area contributed by atoms with Gasteiger partial charge in [-0.05, 0) is 6.42 Å². The van der Waals surface area contributed by atoms with Crippen molar-refractivity contribution in [1.29, 1.82) is 0 Å². The van der Waals surface area contributed by atoms with Gasteiger partial charge in [-0.15, -0.1) is 10.2 Å². The molecular formula is C9H16N4OS. The number of nitrogens with two attached hydrogens (primary N) is 1. The summed E-state index contributed by atoms with van der Waals surface area (Å²) >= 11 is 1.13. The highest BCUT2D eigenvalue weighted by molar-refractivity contribution is 7.16. The fraction of sp³-hybridized carbons (Fsp3) is 0.667. The number of carbonyl (C=O) groups is 1. The van der Waals surface area contributed by atoms with Gasteiger partial charge in [-0.3, -0.25) is 4.79 Å². The Morgan fingerprint density at radius 2 is 2.20 bits per heavy atom. The Morgan fingerprint density at radius 1 is 1.47 bits per heavy atom. The Bertz CT molecular complexity index is 326. The minimum Gasteiger partial charge on any atom is -0.374 e. The normalized spacial score (nSPS) is 10.3. The SMILES string of the molecule is CCCCCN(C)C(=O)c1nnc(N)s1. The second kappa shape index (κ2) is 5.65. The van der Waals surface area contributed by atoms with Crippen LogP contribution in [0.2, 0.25) is 0 Å². The summed E-state index contributed by atoms with van der Waals surface area (Å²) in [5.74, 6) is -0.0969. The van der Waals surface area contributed by atoms with Gasteiger partial charge in [0.05, 0.1) is 0 Å². The van der Waals surface area contributed by atoms with Gasteiger partial charge in [0.2, 0.25) is 10.1 Å². The third-order valence-corrected chi connectivity index (χ3v) is 2.81. The number of nitrogen functional groups attached to an aromatic ring is 1. The zero-order valence-electron chi connectivity index (χ0n) is 9.06. The van der Waals surface area contributed by atoms with Crippen LogP contribution < -0.4 is 5.73 Å². The van der Waals surface area contributed by atoms with Crippen molar-refractivity contribution < 1.29 is 4.79 Å². The first-order chi connectivity index (χ1) is 7.15. The van der Waals surface area contributed by atoms with Crippen LogP contribution in [0, 0.1) is 0 Å². The Kier molecular flexibility index (Phi) is 4.48. The molecule has 2 N–H and O–H groups in total. The third-order valence-electron chi connectivity index (χ3n) is 2.07. The number of carbonyl (C=O) groups excluding carboxylic acids is 1. The summed E-state index contributed by atoms with van der Waals surface area (Å²) in [6.45, 7) is 2.89. The molecule has 0 fully saturated rings. The molecule has 0 aromatic carbocycles. The van der Waals surface area contributed by atoms with Crippen LogP contribution in [0.25, 0.3) is 0 Å². The quantitative estimate of drug-likeness (QED) is 0.773. The first-order valence-electron chi connectivity index (χ1n) is 4.99. The molecule has 1 aromatic rings. The Labute approximate surface area is 93.3 Å². The van der Waals surface area contributed by atoms with Gasteiger partial charge >= 0.3 is 0 Å². The summed E-state index contributed by atoms with van der Waals surface area (Å²) < 4.78 is 0. The van der Waals surface area contributed by atoms with Crippen molar-refractivity contribution in [3.8, 4) is 0 Å². The largest absolute Gasteiger partial charge is 0.374 e. The van der Waals surface area contributed by atoms with Crippen LogP contribution in [0.3, 0.4) is 0 Å². The van der Waals surface area contributed by atoms with Gasteiger partial charge in [0.15, 0.2) is 0 Å². The van der Waals surface area contributed by atoms with Crippen LogP contribution in [0.15, 0.2) is 0 Å². The maximum atomic E-state index is 11.7. The second-order valence-electron chi connectivity index (χ2n) is 3.38. The lowest BCUT2D eigenvalue weighted by Gasteiger charge is -2.14. The van der Waals surface area contributed by atoms with Crippen molar-refractivity contribution >= 4 is 22.4 Å². The lowest BCUT2D eigenvalue weighted by atomic mass is 10.2. The molecule has 0 saturated carbocycles. The molecule has 0 saturated heterocycles. The topological polar surface area (TPSA) is 72.1 Å². The number of anilines is 1. The molecule has 6 heteroatoms. The van der Waals surface area contributed by atoms with Crippen molar-refractivity contribution in [1.82, 2.24) is 15.1 Å². The van der Waals surface area contributed by atoms with E-state index in [2.05, 4.69) is 17.1 Å². The molecular weight excluding hydrogens is 212 g/mol. The smallest absolute Gasteiger partial charge is 0.284 e. The molecule has 0 bridgehead atoms. The van der Waals surface area contributed by atoms with Crippen LogP contribution in [-0.2, 0) is 0 Å². The van der Waals surface area contributed by atoms with Gasteiger partial charge in [0, 0.05) is 13.6 Å². The van der Waals surface area contributed by atoms with E-state index in [0.717, 1.165) is 37.1 Å². The van der Waals surface area contributed by atoms with Crippen molar-refractivity contribution in [2.24, 2.45) is 0 Å². The van der Waals surface area contributed by atoms with E-state index < -0.39 is 0 Å². The predicted octanol–water partition coefficient (Wildman–Crippen LogP) is 1.38. The summed E-state index contributed by atoms with van der Waals surface area (Å²) in [4.78, 5) is 13.4. The molecule has 1 heterocycles. The highest BCUT2D eigenvalue weighted by Crippen LogP contribution is 2.13. The molecule has 84 valence electrons. The first-order valence-corrected chi connectivity index (χ1v) is 5.81. The van der Waals surface area contributed by atoms with Crippen LogP contribution in [0.4, 0.5) is 5.13 Å². The van der Waals surface area contributed by atoms with Crippen LogP contribution in [-0.4, -0.2) is 34.6 Å². The zero-order chi connectivity index (χ0) is 11.3.